The first-order valence-corrected chi connectivity index (χ1v) is 8.56. The van der Waals surface area contributed by atoms with Crippen LogP contribution in [0.4, 0.5) is 4.39 Å². The minimum absolute atomic E-state index is 0.235. The molecule has 142 valence electrons. The minimum Gasteiger partial charge on any atom is -0.502 e. The van der Waals surface area contributed by atoms with E-state index in [2.05, 4.69) is 4.74 Å². The predicted molar refractivity (Wildman–Crippen MR) is 99.3 cm³/mol. The third kappa shape index (κ3) is 6.58. The van der Waals surface area contributed by atoms with Crippen molar-refractivity contribution < 1.29 is 23.8 Å². The van der Waals surface area contributed by atoms with Crippen molar-refractivity contribution in [2.75, 3.05) is 13.7 Å². The fraction of sp³-hybridized carbons (Fsp3) is 0.238. The van der Waals surface area contributed by atoms with Gasteiger partial charge in [-0.1, -0.05) is 42.5 Å². The van der Waals surface area contributed by atoms with Crippen LogP contribution < -0.4 is 0 Å². The molecule has 0 unspecified atom stereocenters. The summed E-state index contributed by atoms with van der Waals surface area (Å²) < 4.78 is 17.5. The number of esters is 1. The Morgan fingerprint density at radius 1 is 1.07 bits per heavy atom. The van der Waals surface area contributed by atoms with Gasteiger partial charge in [0.1, 0.15) is 5.82 Å². The molecule has 0 saturated carbocycles. The summed E-state index contributed by atoms with van der Waals surface area (Å²) in [5, 5.41) is 9.63. The summed E-state index contributed by atoms with van der Waals surface area (Å²) >= 11 is 0. The normalized spacial score (nSPS) is 11.1. The van der Waals surface area contributed by atoms with Crippen molar-refractivity contribution >= 4 is 11.9 Å². The molecule has 1 amide bonds. The topological polar surface area (TPSA) is 66.8 Å². The van der Waals surface area contributed by atoms with E-state index >= 15 is 0 Å². The summed E-state index contributed by atoms with van der Waals surface area (Å²) in [6.45, 7) is 0.648. The lowest BCUT2D eigenvalue weighted by Gasteiger charge is -2.21. The number of ether oxygens (including phenoxy) is 1. The van der Waals surface area contributed by atoms with Crippen molar-refractivity contribution in [3.8, 4) is 0 Å². The fourth-order valence-corrected chi connectivity index (χ4v) is 2.57. The largest absolute Gasteiger partial charge is 0.502 e. The van der Waals surface area contributed by atoms with Crippen LogP contribution >= 0.6 is 0 Å². The van der Waals surface area contributed by atoms with Gasteiger partial charge in [0.05, 0.1) is 13.2 Å². The van der Waals surface area contributed by atoms with Gasteiger partial charge in [0.15, 0.2) is 0 Å². The highest BCUT2D eigenvalue weighted by Gasteiger charge is 2.16. The van der Waals surface area contributed by atoms with E-state index in [-0.39, 0.29) is 12.4 Å². The molecule has 27 heavy (non-hydrogen) atoms. The quantitative estimate of drug-likeness (QED) is 0.439. The highest BCUT2D eigenvalue weighted by atomic mass is 19.1. The molecule has 0 saturated heterocycles. The van der Waals surface area contributed by atoms with Gasteiger partial charge in [-0.25, -0.2) is 9.18 Å². The third-order valence-corrected chi connectivity index (χ3v) is 3.99. The molecular formula is C21H22FNO4. The molecule has 5 nitrogen and oxygen atoms in total. The van der Waals surface area contributed by atoms with Gasteiger partial charge < -0.3 is 14.7 Å². The van der Waals surface area contributed by atoms with E-state index in [0.29, 0.717) is 13.0 Å². The number of aliphatic hydroxyl groups excluding tert-OH is 1. The molecule has 0 atom stereocenters. The molecule has 0 fully saturated rings. The van der Waals surface area contributed by atoms with Crippen LogP contribution in [0.3, 0.4) is 0 Å². The Morgan fingerprint density at radius 3 is 2.37 bits per heavy atom. The van der Waals surface area contributed by atoms with Gasteiger partial charge in [0, 0.05) is 13.1 Å². The third-order valence-electron chi connectivity index (χ3n) is 3.99. The van der Waals surface area contributed by atoms with Gasteiger partial charge in [0.25, 0.3) is 5.91 Å². The summed E-state index contributed by atoms with van der Waals surface area (Å²) in [7, 11) is 1.12. The van der Waals surface area contributed by atoms with Crippen LogP contribution in [0, 0.1) is 5.82 Å². The number of carbonyl (C=O) groups excluding carboxylic acids is 2. The Morgan fingerprint density at radius 2 is 1.74 bits per heavy atom. The van der Waals surface area contributed by atoms with Crippen molar-refractivity contribution in [2.24, 2.45) is 0 Å². The van der Waals surface area contributed by atoms with Crippen LogP contribution in [-0.2, 0) is 27.3 Å². The second-order valence-corrected chi connectivity index (χ2v) is 6.00. The predicted octanol–water partition coefficient (Wildman–Crippen LogP) is 3.40. The number of aliphatic hydroxyl groups is 1. The SMILES string of the molecule is COC(=O)/C(O)=C/C(=O)N(CCCc1ccccc1)Cc1ccc(F)cc1. The van der Waals surface area contributed by atoms with E-state index in [9.17, 15) is 19.1 Å². The van der Waals surface area contributed by atoms with Gasteiger partial charge in [-0.15, -0.1) is 0 Å². The van der Waals surface area contributed by atoms with E-state index in [4.69, 9.17) is 0 Å². The first kappa shape index (κ1) is 20.2. The van der Waals surface area contributed by atoms with Gasteiger partial charge in [-0.3, -0.25) is 4.79 Å². The molecule has 0 radical (unpaired) electrons. The van der Waals surface area contributed by atoms with E-state index < -0.39 is 17.6 Å². The number of carbonyl (C=O) groups is 2. The van der Waals surface area contributed by atoms with Crippen molar-refractivity contribution in [1.82, 2.24) is 4.90 Å². The molecule has 0 spiro atoms. The van der Waals surface area contributed by atoms with Gasteiger partial charge in [-0.2, -0.15) is 0 Å². The molecule has 0 heterocycles. The molecule has 0 bridgehead atoms. The zero-order valence-corrected chi connectivity index (χ0v) is 15.1. The number of aryl methyl sites for hydroxylation is 1. The van der Waals surface area contributed by atoms with Crippen molar-refractivity contribution in [3.63, 3.8) is 0 Å². The first-order chi connectivity index (χ1) is 13.0. The monoisotopic (exact) mass is 371 g/mol. The molecule has 0 aliphatic heterocycles. The number of amides is 1. The van der Waals surface area contributed by atoms with Crippen LogP contribution in [-0.4, -0.2) is 35.5 Å². The molecule has 0 aliphatic carbocycles. The zero-order valence-electron chi connectivity index (χ0n) is 15.1. The lowest BCUT2D eigenvalue weighted by Crippen LogP contribution is -2.31. The van der Waals surface area contributed by atoms with Gasteiger partial charge in [0.2, 0.25) is 5.76 Å². The molecule has 2 aromatic rings. The second kappa shape index (κ2) is 10.1. The van der Waals surface area contributed by atoms with Crippen molar-refractivity contribution in [3.05, 3.63) is 83.4 Å². The first-order valence-electron chi connectivity index (χ1n) is 8.56. The van der Waals surface area contributed by atoms with E-state index in [1.165, 1.54) is 17.0 Å². The number of benzene rings is 2. The summed E-state index contributed by atoms with van der Waals surface area (Å²) in [4.78, 5) is 25.3. The molecule has 2 aromatic carbocycles. The number of hydrogen-bond donors (Lipinski definition) is 1. The molecule has 0 aliphatic rings. The second-order valence-electron chi connectivity index (χ2n) is 6.00. The fourth-order valence-electron chi connectivity index (χ4n) is 2.57. The maximum atomic E-state index is 13.1. The zero-order chi connectivity index (χ0) is 19.6. The lowest BCUT2D eigenvalue weighted by atomic mass is 10.1. The van der Waals surface area contributed by atoms with Crippen LogP contribution in [0.2, 0.25) is 0 Å². The summed E-state index contributed by atoms with van der Waals surface area (Å²) in [5.41, 5.74) is 1.90. The van der Waals surface area contributed by atoms with Crippen LogP contribution in [0.1, 0.15) is 17.5 Å². The van der Waals surface area contributed by atoms with Crippen molar-refractivity contribution in [2.45, 2.75) is 19.4 Å². The highest BCUT2D eigenvalue weighted by Crippen LogP contribution is 2.11. The van der Waals surface area contributed by atoms with E-state index in [1.807, 2.05) is 30.3 Å². The Labute approximate surface area is 157 Å². The Bertz CT molecular complexity index is 788. The van der Waals surface area contributed by atoms with Gasteiger partial charge in [-0.05, 0) is 36.1 Å². The Kier molecular flexibility index (Phi) is 7.55. The number of hydrogen-bond acceptors (Lipinski definition) is 4. The van der Waals surface area contributed by atoms with Crippen LogP contribution in [0.5, 0.6) is 0 Å². The average molecular weight is 371 g/mol. The Balaban J connectivity index is 2.08. The van der Waals surface area contributed by atoms with Gasteiger partial charge >= 0.3 is 5.97 Å². The number of nitrogens with zero attached hydrogens (tertiary/aromatic N) is 1. The van der Waals surface area contributed by atoms with Crippen LogP contribution in [0.15, 0.2) is 66.4 Å². The van der Waals surface area contributed by atoms with E-state index in [1.54, 1.807) is 12.1 Å². The summed E-state index contributed by atoms with van der Waals surface area (Å²) in [5.74, 6) is -2.61. The summed E-state index contributed by atoms with van der Waals surface area (Å²) in [6, 6.07) is 15.7. The lowest BCUT2D eigenvalue weighted by molar-refractivity contribution is -0.139. The minimum atomic E-state index is -0.977. The highest BCUT2D eigenvalue weighted by molar-refractivity contribution is 5.96. The number of methoxy groups -OCH3 is 1. The molecular weight excluding hydrogens is 349 g/mol. The average Bonchev–Trinajstić information content (AvgIpc) is 2.68. The smallest absolute Gasteiger partial charge is 0.373 e. The molecule has 6 heteroatoms. The standard InChI is InChI=1S/C21H22FNO4/c1-27-21(26)19(24)14-20(25)23(15-17-9-11-18(22)12-10-17)13-5-8-16-6-3-2-4-7-16/h2-4,6-7,9-12,14,24H,5,8,13,15H2,1H3/b19-14-. The van der Waals surface area contributed by atoms with Crippen LogP contribution in [0.25, 0.3) is 0 Å². The maximum absolute atomic E-state index is 13.1. The molecule has 2 rings (SSSR count). The van der Waals surface area contributed by atoms with E-state index in [0.717, 1.165) is 30.7 Å². The number of rotatable bonds is 8. The molecule has 0 aromatic heterocycles. The summed E-state index contributed by atoms with van der Waals surface area (Å²) in [6.07, 6.45) is 2.32. The van der Waals surface area contributed by atoms with Crippen molar-refractivity contribution in [1.29, 1.82) is 0 Å². The molecule has 1 N–H and O–H groups in total. The maximum Gasteiger partial charge on any atom is 0.373 e. The number of halogens is 1. The Hall–Kier alpha value is -3.15.